The molecule has 1 aliphatic rings. The summed E-state index contributed by atoms with van der Waals surface area (Å²) in [6.45, 7) is 1.72. The van der Waals surface area contributed by atoms with Crippen molar-refractivity contribution in [3.05, 3.63) is 29.3 Å². The van der Waals surface area contributed by atoms with Crippen molar-refractivity contribution in [3.63, 3.8) is 0 Å². The van der Waals surface area contributed by atoms with Crippen LogP contribution in [0.4, 0.5) is 14.5 Å². The number of rotatable bonds is 3. The molecule has 2 rings (SSSR count). The summed E-state index contributed by atoms with van der Waals surface area (Å²) in [7, 11) is 0. The molecule has 0 saturated heterocycles. The summed E-state index contributed by atoms with van der Waals surface area (Å²) in [5.41, 5.74) is 4.85. The molecule has 3 N–H and O–H groups in total. The van der Waals surface area contributed by atoms with E-state index in [1.165, 1.54) is 13.0 Å². The van der Waals surface area contributed by atoms with Crippen LogP contribution in [0.2, 0.25) is 0 Å². The second-order valence-electron chi connectivity index (χ2n) is 4.85. The first-order chi connectivity index (χ1) is 8.50. The minimum Gasteiger partial charge on any atom is -0.329 e. The number of carbonyl (C=O) groups is 1. The van der Waals surface area contributed by atoms with Crippen molar-refractivity contribution in [1.82, 2.24) is 0 Å². The smallest absolute Gasteiger partial charge is 0.232 e. The topological polar surface area (TPSA) is 55.1 Å². The zero-order valence-electron chi connectivity index (χ0n) is 10.2. The normalized spacial score (nSPS) is 17.1. The molecule has 0 radical (unpaired) electrons. The number of anilines is 1. The summed E-state index contributed by atoms with van der Waals surface area (Å²) < 4.78 is 27.3. The SMILES string of the molecule is Cc1ccc(F)c(NC(=O)C2(CN)CCC2)c1F. The quantitative estimate of drug-likeness (QED) is 0.869. The molecule has 1 aliphatic carbocycles. The lowest BCUT2D eigenvalue weighted by atomic mass is 9.68. The number of nitrogens with one attached hydrogen (secondary N) is 1. The van der Waals surface area contributed by atoms with Crippen LogP contribution in [0.3, 0.4) is 0 Å². The van der Waals surface area contributed by atoms with E-state index in [9.17, 15) is 13.6 Å². The Morgan fingerprint density at radius 1 is 1.44 bits per heavy atom. The molecule has 1 aromatic rings. The Hall–Kier alpha value is -1.49. The molecule has 1 amide bonds. The highest BCUT2D eigenvalue weighted by atomic mass is 19.1. The van der Waals surface area contributed by atoms with Crippen LogP contribution in [0.15, 0.2) is 12.1 Å². The lowest BCUT2D eigenvalue weighted by molar-refractivity contribution is -0.129. The van der Waals surface area contributed by atoms with Crippen molar-refractivity contribution < 1.29 is 13.6 Å². The fourth-order valence-electron chi connectivity index (χ4n) is 2.14. The highest BCUT2D eigenvalue weighted by Gasteiger charge is 2.43. The zero-order valence-corrected chi connectivity index (χ0v) is 10.2. The van der Waals surface area contributed by atoms with Gasteiger partial charge in [-0.3, -0.25) is 4.79 Å². The van der Waals surface area contributed by atoms with Crippen LogP contribution in [0.25, 0.3) is 0 Å². The maximum Gasteiger partial charge on any atom is 0.232 e. The first-order valence-electron chi connectivity index (χ1n) is 5.96. The Kier molecular flexibility index (Phi) is 3.34. The molecule has 1 fully saturated rings. The molecule has 0 aliphatic heterocycles. The fourth-order valence-corrected chi connectivity index (χ4v) is 2.14. The van der Waals surface area contributed by atoms with Crippen molar-refractivity contribution in [1.29, 1.82) is 0 Å². The van der Waals surface area contributed by atoms with Gasteiger partial charge in [-0.2, -0.15) is 0 Å². The van der Waals surface area contributed by atoms with E-state index in [0.717, 1.165) is 12.5 Å². The Morgan fingerprint density at radius 2 is 2.11 bits per heavy atom. The summed E-state index contributed by atoms with van der Waals surface area (Å²) in [5, 5.41) is 2.34. The number of aryl methyl sites for hydroxylation is 1. The predicted octanol–water partition coefficient (Wildman–Crippen LogP) is 2.34. The Morgan fingerprint density at radius 3 is 2.61 bits per heavy atom. The van der Waals surface area contributed by atoms with Crippen LogP contribution in [0, 0.1) is 24.0 Å². The molecule has 0 unspecified atom stereocenters. The van der Waals surface area contributed by atoms with E-state index in [1.54, 1.807) is 0 Å². The highest BCUT2D eigenvalue weighted by molar-refractivity contribution is 5.96. The average Bonchev–Trinajstić information content (AvgIpc) is 2.29. The van der Waals surface area contributed by atoms with Crippen LogP contribution < -0.4 is 11.1 Å². The number of benzene rings is 1. The second kappa shape index (κ2) is 4.65. The number of hydrogen-bond donors (Lipinski definition) is 2. The van der Waals surface area contributed by atoms with E-state index in [4.69, 9.17) is 5.73 Å². The van der Waals surface area contributed by atoms with Crippen molar-refractivity contribution in [2.45, 2.75) is 26.2 Å². The van der Waals surface area contributed by atoms with Crippen LogP contribution in [-0.2, 0) is 4.79 Å². The number of halogens is 2. The summed E-state index contributed by atoms with van der Waals surface area (Å²) in [6, 6.07) is 2.48. The Labute approximate surface area is 104 Å². The molecular formula is C13H16F2N2O. The predicted molar refractivity (Wildman–Crippen MR) is 65.1 cm³/mol. The summed E-state index contributed by atoms with van der Waals surface area (Å²) in [5.74, 6) is -1.88. The van der Waals surface area contributed by atoms with Crippen molar-refractivity contribution in [3.8, 4) is 0 Å². The highest BCUT2D eigenvalue weighted by Crippen LogP contribution is 2.41. The van der Waals surface area contributed by atoms with Gasteiger partial charge in [-0.05, 0) is 31.4 Å². The second-order valence-corrected chi connectivity index (χ2v) is 4.85. The number of hydrogen-bond acceptors (Lipinski definition) is 2. The minimum atomic E-state index is -0.766. The van der Waals surface area contributed by atoms with E-state index >= 15 is 0 Å². The standard InChI is InChI=1S/C13H16F2N2O/c1-8-3-4-9(14)11(10(8)15)17-12(18)13(7-16)5-2-6-13/h3-4H,2,5-7,16H2,1H3,(H,17,18). The van der Waals surface area contributed by atoms with Gasteiger partial charge in [0.05, 0.1) is 5.41 Å². The van der Waals surface area contributed by atoms with Gasteiger partial charge in [-0.15, -0.1) is 0 Å². The van der Waals surface area contributed by atoms with Gasteiger partial charge in [-0.1, -0.05) is 12.5 Å². The Balaban J connectivity index is 2.24. The molecule has 18 heavy (non-hydrogen) atoms. The third kappa shape index (κ3) is 1.99. The zero-order chi connectivity index (χ0) is 13.3. The molecule has 5 heteroatoms. The summed E-state index contributed by atoms with van der Waals surface area (Å²) >= 11 is 0. The summed E-state index contributed by atoms with van der Waals surface area (Å²) in [6.07, 6.45) is 2.26. The van der Waals surface area contributed by atoms with E-state index in [-0.39, 0.29) is 18.1 Å². The van der Waals surface area contributed by atoms with Crippen LogP contribution in [0.1, 0.15) is 24.8 Å². The van der Waals surface area contributed by atoms with Gasteiger partial charge in [0, 0.05) is 6.54 Å². The maximum absolute atomic E-state index is 13.8. The lowest BCUT2D eigenvalue weighted by Gasteiger charge is -2.39. The number of carbonyl (C=O) groups excluding carboxylic acids is 1. The third-order valence-corrected chi connectivity index (χ3v) is 3.71. The van der Waals surface area contributed by atoms with E-state index in [0.29, 0.717) is 18.4 Å². The Bertz CT molecular complexity index is 479. The number of nitrogens with two attached hydrogens (primary N) is 1. The van der Waals surface area contributed by atoms with Crippen LogP contribution in [-0.4, -0.2) is 12.5 Å². The van der Waals surface area contributed by atoms with Gasteiger partial charge >= 0.3 is 0 Å². The van der Waals surface area contributed by atoms with E-state index in [2.05, 4.69) is 5.32 Å². The molecule has 1 aromatic carbocycles. The number of amides is 1. The molecule has 0 heterocycles. The van der Waals surface area contributed by atoms with Gasteiger partial charge in [0.15, 0.2) is 5.82 Å². The molecule has 0 spiro atoms. The molecule has 98 valence electrons. The molecule has 0 bridgehead atoms. The minimum absolute atomic E-state index is 0.202. The first-order valence-corrected chi connectivity index (χ1v) is 5.96. The van der Waals surface area contributed by atoms with Gasteiger partial charge in [0.25, 0.3) is 0 Å². The van der Waals surface area contributed by atoms with Gasteiger partial charge < -0.3 is 11.1 Å². The summed E-state index contributed by atoms with van der Waals surface area (Å²) in [4.78, 5) is 12.0. The first kappa shape index (κ1) is 13.0. The fraction of sp³-hybridized carbons (Fsp3) is 0.462. The van der Waals surface area contributed by atoms with E-state index < -0.39 is 17.0 Å². The van der Waals surface area contributed by atoms with Crippen molar-refractivity contribution in [2.75, 3.05) is 11.9 Å². The van der Waals surface area contributed by atoms with Crippen LogP contribution in [0.5, 0.6) is 0 Å². The maximum atomic E-state index is 13.8. The molecule has 3 nitrogen and oxygen atoms in total. The molecule has 0 atom stereocenters. The molecule has 0 aromatic heterocycles. The van der Waals surface area contributed by atoms with Gasteiger partial charge in [0.2, 0.25) is 5.91 Å². The van der Waals surface area contributed by atoms with E-state index in [1.807, 2.05) is 0 Å². The monoisotopic (exact) mass is 254 g/mol. The molecule has 1 saturated carbocycles. The largest absolute Gasteiger partial charge is 0.329 e. The van der Waals surface area contributed by atoms with Crippen molar-refractivity contribution in [2.24, 2.45) is 11.1 Å². The molecular weight excluding hydrogens is 238 g/mol. The van der Waals surface area contributed by atoms with Gasteiger partial charge in [0.1, 0.15) is 11.5 Å². The van der Waals surface area contributed by atoms with Gasteiger partial charge in [-0.25, -0.2) is 8.78 Å². The lowest BCUT2D eigenvalue weighted by Crippen LogP contribution is -2.47. The van der Waals surface area contributed by atoms with Crippen molar-refractivity contribution >= 4 is 11.6 Å². The third-order valence-electron chi connectivity index (χ3n) is 3.71. The van der Waals surface area contributed by atoms with Crippen LogP contribution >= 0.6 is 0 Å². The average molecular weight is 254 g/mol.